The number of benzene rings is 1. The molecule has 0 radical (unpaired) electrons. The van der Waals surface area contributed by atoms with Crippen molar-refractivity contribution in [3.8, 4) is 11.3 Å². The fraction of sp³-hybridized carbons (Fsp3) is 0.450. The third-order valence-electron chi connectivity index (χ3n) is 11.0. The van der Waals surface area contributed by atoms with Gasteiger partial charge >= 0.3 is 12.1 Å². The quantitative estimate of drug-likeness (QED) is 0.105. The highest BCUT2D eigenvalue weighted by Crippen LogP contribution is 2.41. The molecule has 286 valence electrons. The van der Waals surface area contributed by atoms with Crippen molar-refractivity contribution in [1.29, 1.82) is 0 Å². The maximum absolute atomic E-state index is 13.7. The van der Waals surface area contributed by atoms with E-state index in [-0.39, 0.29) is 36.0 Å². The number of ether oxygens (including phenoxy) is 2. The van der Waals surface area contributed by atoms with Gasteiger partial charge in [-0.25, -0.2) is 19.3 Å². The molecule has 1 aromatic carbocycles. The summed E-state index contributed by atoms with van der Waals surface area (Å²) in [6, 6.07) is 10.2. The van der Waals surface area contributed by atoms with Crippen molar-refractivity contribution >= 4 is 40.3 Å². The molecule has 4 N–H and O–H groups in total. The minimum absolute atomic E-state index is 0.0475. The molecule has 2 amide bonds. The lowest BCUT2D eigenvalue weighted by Gasteiger charge is -2.47. The van der Waals surface area contributed by atoms with Gasteiger partial charge < -0.3 is 25.5 Å². The molecule has 14 nitrogen and oxygen atoms in total. The predicted octanol–water partition coefficient (Wildman–Crippen LogP) is 5.46. The first-order valence-electron chi connectivity index (χ1n) is 18.6. The number of primary amides is 1. The molecule has 6 rings (SSSR count). The summed E-state index contributed by atoms with van der Waals surface area (Å²) in [4.78, 5) is 52.1. The van der Waals surface area contributed by atoms with Gasteiger partial charge in [-0.2, -0.15) is 5.10 Å². The van der Waals surface area contributed by atoms with E-state index in [9.17, 15) is 14.4 Å². The number of likely N-dealkylation sites (N-methyl/N-ethyl adjacent to an activating group) is 1. The van der Waals surface area contributed by atoms with Gasteiger partial charge in [0.25, 0.3) is 5.91 Å². The van der Waals surface area contributed by atoms with E-state index in [0.717, 1.165) is 40.8 Å². The van der Waals surface area contributed by atoms with E-state index in [0.29, 0.717) is 30.9 Å². The first-order valence-corrected chi connectivity index (χ1v) is 18.6. The van der Waals surface area contributed by atoms with Crippen molar-refractivity contribution in [3.63, 3.8) is 0 Å². The van der Waals surface area contributed by atoms with Crippen LogP contribution in [0.5, 0.6) is 0 Å². The zero-order valence-corrected chi connectivity index (χ0v) is 32.3. The number of piperidine rings is 1. The minimum Gasteiger partial charge on any atom is -0.460 e. The number of H-pyrrole nitrogens is 1. The average Bonchev–Trinajstić information content (AvgIpc) is 3.79. The summed E-state index contributed by atoms with van der Waals surface area (Å²) in [6.45, 7) is 11.9. The second kappa shape index (κ2) is 15.9. The van der Waals surface area contributed by atoms with Crippen LogP contribution in [0, 0.1) is 13.8 Å². The number of quaternary nitrogens is 1. The number of likely N-dealkylation sites (tertiary alicyclic amines) is 1. The van der Waals surface area contributed by atoms with Gasteiger partial charge in [0.15, 0.2) is 12.2 Å². The molecule has 0 aliphatic carbocycles. The maximum atomic E-state index is 13.7. The summed E-state index contributed by atoms with van der Waals surface area (Å²) in [5, 5.41) is 8.39. The summed E-state index contributed by atoms with van der Waals surface area (Å²) in [5.74, 6) is -0.0306. The normalized spacial score (nSPS) is 17.9. The topological polar surface area (TPSA) is 170 Å². The Morgan fingerprint density at radius 2 is 1.89 bits per heavy atom. The van der Waals surface area contributed by atoms with Gasteiger partial charge in [0.2, 0.25) is 6.23 Å². The number of amides is 2. The average molecular weight is 739 g/mol. The second-order valence-corrected chi connectivity index (χ2v) is 14.7. The molecular weight excluding hydrogens is 686 g/mol. The van der Waals surface area contributed by atoms with E-state index >= 15 is 0 Å². The number of carbonyl (C=O) groups excluding carboxylic acids is 3. The number of hydrogen-bond donors (Lipinski definition) is 3. The molecule has 4 aromatic heterocycles. The van der Waals surface area contributed by atoms with E-state index in [2.05, 4.69) is 77.5 Å². The summed E-state index contributed by atoms with van der Waals surface area (Å²) >= 11 is 0. The number of nitrogens with one attached hydrogen (secondary N) is 2. The monoisotopic (exact) mass is 738 g/mol. The van der Waals surface area contributed by atoms with Crippen molar-refractivity contribution in [2.24, 2.45) is 5.73 Å². The van der Waals surface area contributed by atoms with Crippen LogP contribution >= 0.6 is 0 Å². The lowest BCUT2D eigenvalue weighted by atomic mass is 9.86. The minimum atomic E-state index is -0.615. The van der Waals surface area contributed by atoms with Crippen molar-refractivity contribution in [2.45, 2.75) is 78.6 Å². The van der Waals surface area contributed by atoms with E-state index in [1.807, 2.05) is 11.4 Å². The number of nitrogens with zero attached hydrogens (tertiary/aromatic N) is 6. The molecular formula is C40H52N9O5+. The van der Waals surface area contributed by atoms with Gasteiger partial charge in [0.05, 0.1) is 25.3 Å². The van der Waals surface area contributed by atoms with Crippen LogP contribution in [0.25, 0.3) is 27.8 Å². The maximum Gasteiger partial charge on any atom is 0.419 e. The molecule has 14 heteroatoms. The van der Waals surface area contributed by atoms with E-state index in [4.69, 9.17) is 15.2 Å². The first-order chi connectivity index (χ1) is 25.9. The Bertz CT molecular complexity index is 2170. The van der Waals surface area contributed by atoms with Gasteiger partial charge in [-0.05, 0) is 73.2 Å². The number of aromatic nitrogens is 5. The number of rotatable bonds is 13. The Labute approximate surface area is 315 Å². The lowest BCUT2D eigenvalue weighted by Crippen LogP contribution is -2.63. The first kappa shape index (κ1) is 38.4. The molecule has 1 saturated heterocycles. The van der Waals surface area contributed by atoms with Gasteiger partial charge in [0, 0.05) is 60.7 Å². The predicted molar refractivity (Wildman–Crippen MR) is 207 cm³/mol. The standard InChI is InChI=1S/C40H51N9O5/c1-8-34(54-40(52)47(7)39-29(10-9-15-43-39)22-53-35(51)19-42-6)49(21-33(41)50)16-13-27(14-17-49)28-11-12-32-30(18-28)36(24(2)3)37(46-32)31-20-48-38(44-23-45-48)26(5)25(31)4/h9-12,15,18,20,23-24,27,34,42,46H,8,13-14,16-17,19,21-22H2,1-7H3,(H-,41,50)/p+1. The Hall–Kier alpha value is -5.34. The molecule has 5 heterocycles. The molecule has 5 aromatic rings. The summed E-state index contributed by atoms with van der Waals surface area (Å²) in [6.07, 6.45) is 6.07. The highest BCUT2D eigenvalue weighted by molar-refractivity contribution is 5.93. The molecule has 1 atom stereocenters. The fourth-order valence-corrected chi connectivity index (χ4v) is 8.09. The molecule has 1 aliphatic rings. The van der Waals surface area contributed by atoms with Crippen LogP contribution in [0.1, 0.15) is 79.7 Å². The molecule has 1 unspecified atom stereocenters. The fourth-order valence-electron chi connectivity index (χ4n) is 8.09. The van der Waals surface area contributed by atoms with E-state index in [1.165, 1.54) is 27.0 Å². The zero-order valence-electron chi connectivity index (χ0n) is 32.3. The molecule has 0 saturated carbocycles. The zero-order chi connectivity index (χ0) is 38.7. The smallest absolute Gasteiger partial charge is 0.419 e. The number of aryl methyl sites for hydroxylation is 1. The summed E-state index contributed by atoms with van der Waals surface area (Å²) < 4.78 is 13.6. The number of esters is 1. The van der Waals surface area contributed by atoms with E-state index in [1.54, 1.807) is 38.8 Å². The highest BCUT2D eigenvalue weighted by Gasteiger charge is 2.44. The SMILES string of the molecule is CCC(OC(=O)N(C)c1ncccc1COC(=O)CNC)[N+]1(CC(N)=O)CCC(c2ccc3[nH]c(-c4cn5ncnc5c(C)c4C)c(C(C)C)c3c2)CC1. The summed E-state index contributed by atoms with van der Waals surface area (Å²) in [5.41, 5.74) is 15.3. The largest absolute Gasteiger partial charge is 0.460 e. The lowest BCUT2D eigenvalue weighted by molar-refractivity contribution is -0.967. The summed E-state index contributed by atoms with van der Waals surface area (Å²) in [7, 11) is 3.23. The van der Waals surface area contributed by atoms with Crippen LogP contribution in [0.4, 0.5) is 10.6 Å². The van der Waals surface area contributed by atoms with Gasteiger partial charge in [-0.1, -0.05) is 32.9 Å². The number of aromatic amines is 1. The Morgan fingerprint density at radius 3 is 2.57 bits per heavy atom. The second-order valence-electron chi connectivity index (χ2n) is 14.7. The molecule has 54 heavy (non-hydrogen) atoms. The van der Waals surface area contributed by atoms with Crippen LogP contribution in [0.3, 0.4) is 0 Å². The molecule has 0 bridgehead atoms. The van der Waals surface area contributed by atoms with Gasteiger partial charge in [-0.15, -0.1) is 0 Å². The molecule has 1 fully saturated rings. The van der Waals surface area contributed by atoms with Crippen LogP contribution in [0.2, 0.25) is 0 Å². The van der Waals surface area contributed by atoms with Crippen molar-refractivity contribution < 1.29 is 28.3 Å². The Balaban J connectivity index is 1.22. The van der Waals surface area contributed by atoms with Gasteiger partial charge in [0.1, 0.15) is 18.8 Å². The number of anilines is 1. The molecule has 0 spiro atoms. The van der Waals surface area contributed by atoms with Gasteiger partial charge in [-0.3, -0.25) is 19.0 Å². The Kier molecular flexibility index (Phi) is 11.3. The van der Waals surface area contributed by atoms with Crippen molar-refractivity contribution in [3.05, 3.63) is 76.9 Å². The van der Waals surface area contributed by atoms with Crippen molar-refractivity contribution in [2.75, 3.05) is 45.2 Å². The van der Waals surface area contributed by atoms with Crippen molar-refractivity contribution in [1.82, 2.24) is 29.9 Å². The number of hydrogen-bond acceptors (Lipinski definition) is 9. The highest BCUT2D eigenvalue weighted by atomic mass is 16.6. The number of carbonyl (C=O) groups is 3. The third-order valence-corrected chi connectivity index (χ3v) is 11.0. The van der Waals surface area contributed by atoms with Crippen LogP contribution in [-0.2, 0) is 25.7 Å². The van der Waals surface area contributed by atoms with E-state index < -0.39 is 24.2 Å². The number of nitrogens with two attached hydrogens (primary N) is 1. The number of fused-ring (bicyclic) bond motifs is 2. The van der Waals surface area contributed by atoms with Crippen LogP contribution in [0.15, 0.2) is 49.1 Å². The van der Waals surface area contributed by atoms with Crippen LogP contribution in [-0.4, -0.2) is 93.5 Å². The third kappa shape index (κ3) is 7.53. The van der Waals surface area contributed by atoms with Crippen LogP contribution < -0.4 is 16.0 Å². The molecule has 1 aliphatic heterocycles. The number of pyridine rings is 2. The Morgan fingerprint density at radius 1 is 1.13 bits per heavy atom.